The Balaban J connectivity index is 2.18. The van der Waals surface area contributed by atoms with E-state index in [1.165, 1.54) is 11.1 Å². The fraction of sp³-hybridized carbons (Fsp3) is 0.214. The number of aryl methyl sites for hydroxylation is 1. The van der Waals surface area contributed by atoms with E-state index in [9.17, 15) is 0 Å². The normalized spacial score (nSPS) is 12.1. The van der Waals surface area contributed by atoms with Crippen molar-refractivity contribution in [1.82, 2.24) is 4.98 Å². The molecule has 1 heterocycles. The highest BCUT2D eigenvalue weighted by Gasteiger charge is 2.06. The third-order valence-corrected chi connectivity index (χ3v) is 2.79. The van der Waals surface area contributed by atoms with E-state index in [-0.39, 0.29) is 6.04 Å². The van der Waals surface area contributed by atoms with Gasteiger partial charge in [-0.1, -0.05) is 6.07 Å². The highest BCUT2D eigenvalue weighted by molar-refractivity contribution is 5.67. The van der Waals surface area contributed by atoms with Gasteiger partial charge in [0.1, 0.15) is 0 Å². The van der Waals surface area contributed by atoms with Crippen molar-refractivity contribution < 1.29 is 0 Å². The molecule has 1 unspecified atom stereocenters. The number of anilines is 2. The number of benzene rings is 1. The Kier molecular flexibility index (Phi) is 3.28. The summed E-state index contributed by atoms with van der Waals surface area (Å²) >= 11 is 0. The lowest BCUT2D eigenvalue weighted by atomic mass is 10.1. The molecule has 0 bridgehead atoms. The molecule has 0 amide bonds. The summed E-state index contributed by atoms with van der Waals surface area (Å²) in [4.78, 5) is 4.01. The molecule has 0 saturated heterocycles. The number of hydrogen-bond acceptors (Lipinski definition) is 3. The molecule has 3 nitrogen and oxygen atoms in total. The van der Waals surface area contributed by atoms with Gasteiger partial charge in [-0.3, -0.25) is 4.98 Å². The fourth-order valence-electron chi connectivity index (χ4n) is 1.76. The number of rotatable bonds is 3. The molecule has 2 rings (SSSR count). The van der Waals surface area contributed by atoms with Gasteiger partial charge < -0.3 is 11.1 Å². The summed E-state index contributed by atoms with van der Waals surface area (Å²) in [6.07, 6.45) is 3.60. The van der Waals surface area contributed by atoms with E-state index < -0.39 is 0 Å². The molecule has 88 valence electrons. The predicted octanol–water partition coefficient (Wildman–Crippen LogP) is 3.15. The highest BCUT2D eigenvalue weighted by atomic mass is 14.9. The quantitative estimate of drug-likeness (QED) is 0.792. The zero-order valence-electron chi connectivity index (χ0n) is 10.1. The first kappa shape index (κ1) is 11.5. The molecule has 2 aromatic rings. The van der Waals surface area contributed by atoms with Crippen molar-refractivity contribution in [1.29, 1.82) is 0 Å². The first-order valence-electron chi connectivity index (χ1n) is 5.69. The van der Waals surface area contributed by atoms with Gasteiger partial charge in [-0.05, 0) is 49.2 Å². The summed E-state index contributed by atoms with van der Waals surface area (Å²) in [5.74, 6) is 0. The maximum absolute atomic E-state index is 5.94. The standard InChI is InChI=1S/C14H17N3/c1-10-3-4-13(15)14(9-10)17-11(2)12-5-7-16-8-6-12/h3-9,11,17H,15H2,1-2H3. The molecule has 1 aromatic heterocycles. The van der Waals surface area contributed by atoms with Crippen LogP contribution in [0.25, 0.3) is 0 Å². The molecular weight excluding hydrogens is 210 g/mol. The Labute approximate surface area is 102 Å². The van der Waals surface area contributed by atoms with Crippen molar-refractivity contribution in [2.45, 2.75) is 19.9 Å². The summed E-state index contributed by atoms with van der Waals surface area (Å²) in [5.41, 5.74) is 10.1. The van der Waals surface area contributed by atoms with Crippen LogP contribution in [-0.4, -0.2) is 4.98 Å². The number of nitrogens with one attached hydrogen (secondary N) is 1. The number of nitrogens with two attached hydrogens (primary N) is 1. The molecule has 1 atom stereocenters. The zero-order chi connectivity index (χ0) is 12.3. The third-order valence-electron chi connectivity index (χ3n) is 2.79. The summed E-state index contributed by atoms with van der Waals surface area (Å²) < 4.78 is 0. The lowest BCUT2D eigenvalue weighted by Gasteiger charge is -2.17. The monoisotopic (exact) mass is 227 g/mol. The first-order valence-corrected chi connectivity index (χ1v) is 5.69. The Morgan fingerprint density at radius 1 is 1.18 bits per heavy atom. The van der Waals surface area contributed by atoms with Gasteiger partial charge in [0, 0.05) is 18.4 Å². The minimum Gasteiger partial charge on any atom is -0.397 e. The van der Waals surface area contributed by atoms with Gasteiger partial charge in [0.2, 0.25) is 0 Å². The molecule has 17 heavy (non-hydrogen) atoms. The number of nitrogens with zero attached hydrogens (tertiary/aromatic N) is 1. The van der Waals surface area contributed by atoms with Crippen molar-refractivity contribution >= 4 is 11.4 Å². The predicted molar refractivity (Wildman–Crippen MR) is 71.9 cm³/mol. The lowest BCUT2D eigenvalue weighted by Crippen LogP contribution is -2.08. The summed E-state index contributed by atoms with van der Waals surface area (Å²) in [5, 5.41) is 3.41. The van der Waals surface area contributed by atoms with Crippen LogP contribution in [0.5, 0.6) is 0 Å². The Hall–Kier alpha value is -2.03. The van der Waals surface area contributed by atoms with E-state index in [0.29, 0.717) is 0 Å². The summed E-state index contributed by atoms with van der Waals surface area (Å²) in [6, 6.07) is 10.2. The van der Waals surface area contributed by atoms with Crippen LogP contribution in [-0.2, 0) is 0 Å². The second-order valence-electron chi connectivity index (χ2n) is 4.24. The van der Waals surface area contributed by atoms with Crippen LogP contribution in [0.4, 0.5) is 11.4 Å². The molecule has 0 fully saturated rings. The molecule has 0 saturated carbocycles. The number of pyridine rings is 1. The van der Waals surface area contributed by atoms with Gasteiger partial charge in [-0.25, -0.2) is 0 Å². The molecule has 0 aliphatic carbocycles. The first-order chi connectivity index (χ1) is 8.16. The fourth-order valence-corrected chi connectivity index (χ4v) is 1.76. The van der Waals surface area contributed by atoms with Gasteiger partial charge in [0.25, 0.3) is 0 Å². The molecule has 0 spiro atoms. The van der Waals surface area contributed by atoms with Crippen LogP contribution in [0.1, 0.15) is 24.1 Å². The Morgan fingerprint density at radius 2 is 1.88 bits per heavy atom. The third kappa shape index (κ3) is 2.75. The lowest BCUT2D eigenvalue weighted by molar-refractivity contribution is 0.881. The molecule has 3 N–H and O–H groups in total. The average molecular weight is 227 g/mol. The Bertz CT molecular complexity index is 494. The van der Waals surface area contributed by atoms with Crippen molar-refractivity contribution in [3.8, 4) is 0 Å². The number of nitrogen functional groups attached to an aromatic ring is 1. The molecule has 0 aliphatic rings. The van der Waals surface area contributed by atoms with Crippen molar-refractivity contribution in [2.24, 2.45) is 0 Å². The van der Waals surface area contributed by atoms with E-state index >= 15 is 0 Å². The van der Waals surface area contributed by atoms with E-state index in [2.05, 4.69) is 30.2 Å². The average Bonchev–Trinajstić information content (AvgIpc) is 2.35. The van der Waals surface area contributed by atoms with Crippen molar-refractivity contribution in [3.63, 3.8) is 0 Å². The van der Waals surface area contributed by atoms with Crippen LogP contribution < -0.4 is 11.1 Å². The zero-order valence-corrected chi connectivity index (χ0v) is 10.1. The number of aromatic nitrogens is 1. The maximum atomic E-state index is 5.94. The van der Waals surface area contributed by atoms with Crippen molar-refractivity contribution in [3.05, 3.63) is 53.9 Å². The largest absolute Gasteiger partial charge is 0.397 e. The van der Waals surface area contributed by atoms with E-state index in [1.54, 1.807) is 12.4 Å². The van der Waals surface area contributed by atoms with Gasteiger partial charge >= 0.3 is 0 Å². The number of hydrogen-bond donors (Lipinski definition) is 2. The second kappa shape index (κ2) is 4.87. The molecule has 0 radical (unpaired) electrons. The van der Waals surface area contributed by atoms with E-state index in [1.807, 2.05) is 24.3 Å². The van der Waals surface area contributed by atoms with Gasteiger partial charge in [-0.2, -0.15) is 0 Å². The summed E-state index contributed by atoms with van der Waals surface area (Å²) in [6.45, 7) is 4.17. The maximum Gasteiger partial charge on any atom is 0.0581 e. The Morgan fingerprint density at radius 3 is 2.59 bits per heavy atom. The molecular formula is C14H17N3. The molecule has 1 aromatic carbocycles. The van der Waals surface area contributed by atoms with E-state index in [0.717, 1.165) is 11.4 Å². The van der Waals surface area contributed by atoms with Crippen LogP contribution in [0.15, 0.2) is 42.7 Å². The molecule has 3 heteroatoms. The highest BCUT2D eigenvalue weighted by Crippen LogP contribution is 2.24. The van der Waals surface area contributed by atoms with Gasteiger partial charge in [-0.15, -0.1) is 0 Å². The topological polar surface area (TPSA) is 50.9 Å². The van der Waals surface area contributed by atoms with Crippen LogP contribution in [0.3, 0.4) is 0 Å². The minimum atomic E-state index is 0.210. The van der Waals surface area contributed by atoms with Crippen molar-refractivity contribution in [2.75, 3.05) is 11.1 Å². The minimum absolute atomic E-state index is 0.210. The second-order valence-corrected chi connectivity index (χ2v) is 4.24. The summed E-state index contributed by atoms with van der Waals surface area (Å²) in [7, 11) is 0. The van der Waals surface area contributed by atoms with Gasteiger partial charge in [0.15, 0.2) is 0 Å². The smallest absolute Gasteiger partial charge is 0.0581 e. The van der Waals surface area contributed by atoms with Gasteiger partial charge in [0.05, 0.1) is 11.4 Å². The molecule has 0 aliphatic heterocycles. The van der Waals surface area contributed by atoms with Crippen LogP contribution >= 0.6 is 0 Å². The SMILES string of the molecule is Cc1ccc(N)c(NC(C)c2ccncc2)c1. The van der Waals surface area contributed by atoms with E-state index in [4.69, 9.17) is 5.73 Å². The van der Waals surface area contributed by atoms with Crippen LogP contribution in [0.2, 0.25) is 0 Å². The van der Waals surface area contributed by atoms with Crippen LogP contribution in [0, 0.1) is 6.92 Å².